The lowest BCUT2D eigenvalue weighted by Crippen LogP contribution is -2.30. The first kappa shape index (κ1) is 22.7. The Kier molecular flexibility index (Phi) is 9.27. The number of hydrogen-bond acceptors (Lipinski definition) is 3. The van der Waals surface area contributed by atoms with Gasteiger partial charge in [0.2, 0.25) is 0 Å². The Balaban J connectivity index is 0.000000300. The van der Waals surface area contributed by atoms with Crippen LogP contribution < -0.4 is 0 Å². The number of allylic oxidation sites excluding steroid dienone is 4. The Morgan fingerprint density at radius 2 is 1.96 bits per heavy atom. The van der Waals surface area contributed by atoms with Gasteiger partial charge in [-0.2, -0.15) is 0 Å². The lowest BCUT2D eigenvalue weighted by atomic mass is 9.68. The summed E-state index contributed by atoms with van der Waals surface area (Å²) < 4.78 is 5.48. The maximum absolute atomic E-state index is 11.4. The minimum Gasteiger partial charge on any atom is -0.481 e. The molecule has 4 atom stereocenters. The molecule has 158 valence electrons. The van der Waals surface area contributed by atoms with Crippen molar-refractivity contribution in [3.8, 4) is 0 Å². The number of carbonyl (C=O) groups is 2. The summed E-state index contributed by atoms with van der Waals surface area (Å²) in [5.41, 5.74) is 1.57. The third kappa shape index (κ3) is 6.49. The van der Waals surface area contributed by atoms with Crippen LogP contribution in [-0.4, -0.2) is 23.1 Å². The van der Waals surface area contributed by atoms with Crippen molar-refractivity contribution >= 4 is 11.9 Å². The zero-order valence-electron chi connectivity index (χ0n) is 17.9. The molecule has 3 rings (SSSR count). The van der Waals surface area contributed by atoms with Gasteiger partial charge in [0.1, 0.15) is 6.10 Å². The Morgan fingerprint density at radius 3 is 2.57 bits per heavy atom. The quantitative estimate of drug-likeness (QED) is 0.572. The topological polar surface area (TPSA) is 63.6 Å². The molecule has 1 saturated heterocycles. The van der Waals surface area contributed by atoms with E-state index >= 15 is 0 Å². The first-order valence-corrected chi connectivity index (χ1v) is 11.3. The van der Waals surface area contributed by atoms with Gasteiger partial charge in [-0.15, -0.1) is 0 Å². The van der Waals surface area contributed by atoms with Gasteiger partial charge in [0, 0.05) is 6.42 Å². The fourth-order valence-electron chi connectivity index (χ4n) is 4.81. The molecule has 0 radical (unpaired) electrons. The number of esters is 1. The maximum Gasteiger partial charge on any atom is 0.306 e. The van der Waals surface area contributed by atoms with Gasteiger partial charge < -0.3 is 9.84 Å². The Labute approximate surface area is 170 Å². The van der Waals surface area contributed by atoms with Gasteiger partial charge in [0.05, 0.1) is 5.92 Å². The van der Waals surface area contributed by atoms with Crippen LogP contribution >= 0.6 is 0 Å². The highest BCUT2D eigenvalue weighted by molar-refractivity contribution is 5.70. The molecule has 0 aromatic rings. The van der Waals surface area contributed by atoms with E-state index in [2.05, 4.69) is 25.2 Å². The molecule has 0 bridgehead atoms. The van der Waals surface area contributed by atoms with E-state index in [1.54, 1.807) is 5.57 Å². The summed E-state index contributed by atoms with van der Waals surface area (Å²) in [5.74, 6) is 1.37. The molecule has 0 aromatic carbocycles. The van der Waals surface area contributed by atoms with Gasteiger partial charge >= 0.3 is 11.9 Å². The molecule has 1 N–H and O–H groups in total. The summed E-state index contributed by atoms with van der Waals surface area (Å²) in [7, 11) is 0. The van der Waals surface area contributed by atoms with Crippen LogP contribution in [-0.2, 0) is 14.3 Å². The average Bonchev–Trinajstić information content (AvgIpc) is 2.68. The molecule has 0 amide bonds. The van der Waals surface area contributed by atoms with Crippen molar-refractivity contribution in [2.75, 3.05) is 0 Å². The second kappa shape index (κ2) is 11.4. The lowest BCUT2D eigenvalue weighted by molar-refractivity contribution is -0.154. The number of hydrogen-bond donors (Lipinski definition) is 1. The molecule has 4 nitrogen and oxygen atoms in total. The predicted octanol–water partition coefficient (Wildman–Crippen LogP) is 5.92. The van der Waals surface area contributed by atoms with E-state index < -0.39 is 5.97 Å². The fourth-order valence-corrected chi connectivity index (χ4v) is 4.81. The molecule has 2 aliphatic carbocycles. The van der Waals surface area contributed by atoms with Crippen LogP contribution in [0.3, 0.4) is 0 Å². The molecule has 1 aliphatic heterocycles. The molecule has 0 spiro atoms. The van der Waals surface area contributed by atoms with Crippen LogP contribution in [0, 0.1) is 23.7 Å². The predicted molar refractivity (Wildman–Crippen MR) is 112 cm³/mol. The highest BCUT2D eigenvalue weighted by Crippen LogP contribution is 2.42. The highest BCUT2D eigenvalue weighted by Gasteiger charge is 2.32. The van der Waals surface area contributed by atoms with Crippen LogP contribution in [0.2, 0.25) is 0 Å². The van der Waals surface area contributed by atoms with Crippen molar-refractivity contribution in [2.24, 2.45) is 23.7 Å². The van der Waals surface area contributed by atoms with Crippen molar-refractivity contribution in [2.45, 2.75) is 91.1 Å². The first-order valence-electron chi connectivity index (χ1n) is 11.3. The number of cyclic esters (lactones) is 1. The summed E-state index contributed by atoms with van der Waals surface area (Å²) in [6.45, 7) is 6.13. The smallest absolute Gasteiger partial charge is 0.306 e. The highest BCUT2D eigenvalue weighted by atomic mass is 16.5. The van der Waals surface area contributed by atoms with E-state index in [0.717, 1.165) is 43.9 Å². The van der Waals surface area contributed by atoms with E-state index in [4.69, 9.17) is 9.84 Å². The van der Waals surface area contributed by atoms with Gasteiger partial charge in [-0.25, -0.2) is 0 Å². The molecule has 3 aliphatic rings. The van der Waals surface area contributed by atoms with Gasteiger partial charge in [-0.05, 0) is 81.1 Å². The van der Waals surface area contributed by atoms with Crippen LogP contribution in [0.1, 0.15) is 85.0 Å². The molecule has 0 aromatic heterocycles. The minimum atomic E-state index is -0.671. The van der Waals surface area contributed by atoms with Gasteiger partial charge in [0.25, 0.3) is 0 Å². The van der Waals surface area contributed by atoms with E-state index in [9.17, 15) is 9.59 Å². The summed E-state index contributed by atoms with van der Waals surface area (Å²) in [6.07, 6.45) is 17.7. The Bertz CT molecular complexity index is 573. The van der Waals surface area contributed by atoms with E-state index in [1.165, 1.54) is 25.7 Å². The minimum absolute atomic E-state index is 0.0103. The largest absolute Gasteiger partial charge is 0.481 e. The number of aliphatic carboxylic acids is 1. The summed E-state index contributed by atoms with van der Waals surface area (Å²) in [4.78, 5) is 21.5. The van der Waals surface area contributed by atoms with Gasteiger partial charge in [0.15, 0.2) is 0 Å². The lowest BCUT2D eigenvalue weighted by Gasteiger charge is -2.38. The monoisotopic (exact) mass is 390 g/mol. The third-order valence-corrected chi connectivity index (χ3v) is 6.67. The molecule has 4 heteroatoms. The summed E-state index contributed by atoms with van der Waals surface area (Å²) in [6, 6.07) is 0. The number of fused-ring (bicyclic) bond motifs is 1. The van der Waals surface area contributed by atoms with Crippen LogP contribution in [0.4, 0.5) is 0 Å². The molecule has 3 unspecified atom stereocenters. The van der Waals surface area contributed by atoms with Crippen molar-refractivity contribution < 1.29 is 19.4 Å². The number of ether oxygens (including phenoxy) is 1. The second-order valence-corrected chi connectivity index (χ2v) is 8.56. The average molecular weight is 391 g/mol. The van der Waals surface area contributed by atoms with Crippen molar-refractivity contribution in [3.63, 3.8) is 0 Å². The van der Waals surface area contributed by atoms with Crippen molar-refractivity contribution in [1.29, 1.82) is 0 Å². The number of rotatable bonds is 6. The van der Waals surface area contributed by atoms with E-state index in [-0.39, 0.29) is 18.0 Å². The summed E-state index contributed by atoms with van der Waals surface area (Å²) >= 11 is 0. The standard InChI is InChI=1S/C18H26O2.C6H12O2/c1-13-9-10-14-5-2-3-7-17(14)16(13)12-11-15-6-4-8-18(19)20-15;1-3-5(4-2)6(7)8/h5,9-10,13,15-17H,2-4,6-8,11-12H2,1H3;5H,3-4H2,1-2H3,(H,7,8)/t13?,15?,16?,17-;/m0./s1. The van der Waals surface area contributed by atoms with Crippen molar-refractivity contribution in [3.05, 3.63) is 23.8 Å². The number of carboxylic acid groups (broad SMARTS) is 1. The second-order valence-electron chi connectivity index (χ2n) is 8.56. The molecule has 1 heterocycles. The Morgan fingerprint density at radius 1 is 1.21 bits per heavy atom. The normalized spacial score (nSPS) is 29.3. The zero-order chi connectivity index (χ0) is 20.5. The van der Waals surface area contributed by atoms with Crippen LogP contribution in [0.25, 0.3) is 0 Å². The third-order valence-electron chi connectivity index (χ3n) is 6.67. The first-order chi connectivity index (χ1) is 13.5. The summed E-state index contributed by atoms with van der Waals surface area (Å²) in [5, 5.41) is 8.37. The van der Waals surface area contributed by atoms with E-state index in [0.29, 0.717) is 12.3 Å². The van der Waals surface area contributed by atoms with Crippen LogP contribution in [0.15, 0.2) is 23.8 Å². The number of carboxylic acids is 1. The molecule has 28 heavy (non-hydrogen) atoms. The molecular weight excluding hydrogens is 352 g/mol. The maximum atomic E-state index is 11.4. The molecule has 1 fully saturated rings. The zero-order valence-corrected chi connectivity index (χ0v) is 17.9. The SMILES string of the molecule is CC1C=CC2=CCCC[C@@H]2C1CCC1CCCC(=O)O1.CCC(CC)C(=O)O. The molecular formula is C24H38O4. The van der Waals surface area contributed by atoms with E-state index in [1.807, 2.05) is 13.8 Å². The van der Waals surface area contributed by atoms with Crippen molar-refractivity contribution in [1.82, 2.24) is 0 Å². The van der Waals surface area contributed by atoms with Gasteiger partial charge in [-0.3, -0.25) is 9.59 Å². The number of carbonyl (C=O) groups excluding carboxylic acids is 1. The van der Waals surface area contributed by atoms with Gasteiger partial charge in [-0.1, -0.05) is 39.0 Å². The fraction of sp³-hybridized carbons (Fsp3) is 0.750. The molecule has 0 saturated carbocycles. The van der Waals surface area contributed by atoms with Crippen LogP contribution in [0.5, 0.6) is 0 Å². The Hall–Kier alpha value is -1.58.